The standard InChI is InChI=1S/C21H20F3NO2/c1-4-15(17-8-7-9-18(12-17)20(26)27)10-11-19(13-21(22,23)24)16(5-2)14-25-6-3/h4-14H,2H2,1,3H3,(H,26,27)/b11-10-,15-4+,16-14+,19-13-,25-6?. The maximum atomic E-state index is 12.9. The number of aliphatic imine (C=N–C) groups is 1. The van der Waals surface area contributed by atoms with Gasteiger partial charge in [-0.1, -0.05) is 43.0 Å². The second-order valence-electron chi connectivity index (χ2n) is 5.30. The predicted octanol–water partition coefficient (Wildman–Crippen LogP) is 5.99. The van der Waals surface area contributed by atoms with Crippen LogP contribution in [-0.2, 0) is 0 Å². The van der Waals surface area contributed by atoms with Crippen LogP contribution in [-0.4, -0.2) is 23.5 Å². The molecule has 3 nitrogen and oxygen atoms in total. The first-order valence-electron chi connectivity index (χ1n) is 8.00. The maximum Gasteiger partial charge on any atom is 0.410 e. The van der Waals surface area contributed by atoms with Crippen LogP contribution < -0.4 is 0 Å². The van der Waals surface area contributed by atoms with Crippen molar-refractivity contribution in [2.45, 2.75) is 20.0 Å². The minimum absolute atomic E-state index is 0.0928. The van der Waals surface area contributed by atoms with Crippen molar-refractivity contribution in [3.05, 3.63) is 89.7 Å². The molecule has 0 aliphatic rings. The van der Waals surface area contributed by atoms with Gasteiger partial charge in [0.2, 0.25) is 0 Å². The van der Waals surface area contributed by atoms with E-state index < -0.39 is 12.1 Å². The molecule has 1 rings (SSSR count). The van der Waals surface area contributed by atoms with E-state index in [0.717, 1.165) is 0 Å². The molecule has 0 aromatic heterocycles. The molecule has 0 unspecified atom stereocenters. The zero-order chi connectivity index (χ0) is 20.4. The molecule has 1 aromatic carbocycles. The lowest BCUT2D eigenvalue weighted by Gasteiger charge is -2.08. The summed E-state index contributed by atoms with van der Waals surface area (Å²) in [6, 6.07) is 6.17. The van der Waals surface area contributed by atoms with Crippen LogP contribution in [0.1, 0.15) is 29.8 Å². The number of alkyl halides is 3. The number of carbonyl (C=O) groups is 1. The number of hydrogen-bond donors (Lipinski definition) is 1. The normalized spacial score (nSPS) is 14.2. The third kappa shape index (κ3) is 7.32. The second kappa shape index (κ2) is 10.1. The van der Waals surface area contributed by atoms with Gasteiger partial charge in [0.05, 0.1) is 5.56 Å². The molecule has 1 N–H and O–H groups in total. The molecule has 0 amide bonds. The van der Waals surface area contributed by atoms with Crippen molar-refractivity contribution in [1.29, 1.82) is 0 Å². The number of aromatic carboxylic acids is 1. The molecule has 0 saturated heterocycles. The van der Waals surface area contributed by atoms with Crippen molar-refractivity contribution in [2.24, 2.45) is 4.99 Å². The number of carboxylic acids is 1. The van der Waals surface area contributed by atoms with Crippen LogP contribution >= 0.6 is 0 Å². The smallest absolute Gasteiger partial charge is 0.410 e. The fourth-order valence-electron chi connectivity index (χ4n) is 2.17. The van der Waals surface area contributed by atoms with Gasteiger partial charge in [-0.15, -0.1) is 0 Å². The predicted molar refractivity (Wildman–Crippen MR) is 103 cm³/mol. The number of allylic oxidation sites excluding steroid dienone is 8. The number of halogens is 3. The summed E-state index contributed by atoms with van der Waals surface area (Å²) < 4.78 is 38.7. The van der Waals surface area contributed by atoms with Crippen LogP contribution in [0.4, 0.5) is 13.2 Å². The van der Waals surface area contributed by atoms with E-state index in [1.807, 2.05) is 0 Å². The van der Waals surface area contributed by atoms with Gasteiger partial charge in [-0.2, -0.15) is 13.2 Å². The molecule has 0 radical (unpaired) electrons. The van der Waals surface area contributed by atoms with Gasteiger partial charge < -0.3 is 5.11 Å². The van der Waals surface area contributed by atoms with Crippen LogP contribution in [0.3, 0.4) is 0 Å². The highest BCUT2D eigenvalue weighted by Gasteiger charge is 2.24. The van der Waals surface area contributed by atoms with Crippen LogP contribution in [0, 0.1) is 0 Å². The van der Waals surface area contributed by atoms with E-state index in [1.165, 1.54) is 42.8 Å². The Hall–Kier alpha value is -3.15. The summed E-state index contributed by atoms with van der Waals surface area (Å²) in [5.74, 6) is -1.08. The first-order valence-corrected chi connectivity index (χ1v) is 8.00. The Morgan fingerprint density at radius 1 is 1.15 bits per heavy atom. The maximum absolute atomic E-state index is 12.9. The SMILES string of the molecule is C=CC(=C\N=CC)/C(/C=C\C(=C/C)c1cccc(C(=O)O)c1)=C\C(F)(F)F. The summed E-state index contributed by atoms with van der Waals surface area (Å²) in [6.07, 6.45) is 4.16. The molecule has 27 heavy (non-hydrogen) atoms. The average molecular weight is 375 g/mol. The van der Waals surface area contributed by atoms with Crippen LogP contribution in [0.5, 0.6) is 0 Å². The molecule has 0 fully saturated rings. The van der Waals surface area contributed by atoms with E-state index in [-0.39, 0.29) is 22.8 Å². The van der Waals surface area contributed by atoms with E-state index in [2.05, 4.69) is 11.6 Å². The van der Waals surface area contributed by atoms with Crippen molar-refractivity contribution in [1.82, 2.24) is 0 Å². The Morgan fingerprint density at radius 2 is 1.81 bits per heavy atom. The fraction of sp³-hybridized carbons (Fsp3) is 0.143. The molecule has 0 aliphatic carbocycles. The highest BCUT2D eigenvalue weighted by atomic mass is 19.4. The molecule has 0 saturated carbocycles. The molecular formula is C21H20F3NO2. The Kier molecular flexibility index (Phi) is 8.20. The molecule has 0 atom stereocenters. The van der Waals surface area contributed by atoms with Gasteiger partial charge >= 0.3 is 12.1 Å². The summed E-state index contributed by atoms with van der Waals surface area (Å²) in [7, 11) is 0. The lowest BCUT2D eigenvalue weighted by atomic mass is 9.99. The topological polar surface area (TPSA) is 49.7 Å². The average Bonchev–Trinajstić information content (AvgIpc) is 2.61. The first-order chi connectivity index (χ1) is 12.7. The molecule has 6 heteroatoms. The lowest BCUT2D eigenvalue weighted by molar-refractivity contribution is -0.0802. The molecule has 0 spiro atoms. The van der Waals surface area contributed by atoms with Gasteiger partial charge in [-0.3, -0.25) is 4.99 Å². The fourth-order valence-corrected chi connectivity index (χ4v) is 2.17. The Morgan fingerprint density at radius 3 is 2.33 bits per heavy atom. The highest BCUT2D eigenvalue weighted by molar-refractivity contribution is 5.89. The van der Waals surface area contributed by atoms with E-state index >= 15 is 0 Å². The highest BCUT2D eigenvalue weighted by Crippen LogP contribution is 2.25. The molecule has 142 valence electrons. The van der Waals surface area contributed by atoms with Crippen LogP contribution in [0.15, 0.2) is 83.6 Å². The van der Waals surface area contributed by atoms with E-state index in [0.29, 0.717) is 11.1 Å². The Labute approximate surface area is 156 Å². The zero-order valence-electron chi connectivity index (χ0n) is 15.0. The van der Waals surface area contributed by atoms with Crippen molar-refractivity contribution in [3.63, 3.8) is 0 Å². The Balaban J connectivity index is 3.36. The summed E-state index contributed by atoms with van der Waals surface area (Å²) in [4.78, 5) is 15.0. The van der Waals surface area contributed by atoms with Gasteiger partial charge in [0.1, 0.15) is 0 Å². The number of benzene rings is 1. The Bertz CT molecular complexity index is 841. The number of nitrogens with zero attached hydrogens (tertiary/aromatic N) is 1. The second-order valence-corrected chi connectivity index (χ2v) is 5.30. The van der Waals surface area contributed by atoms with Crippen LogP contribution in [0.25, 0.3) is 5.57 Å². The number of hydrogen-bond acceptors (Lipinski definition) is 2. The van der Waals surface area contributed by atoms with Crippen molar-refractivity contribution >= 4 is 17.8 Å². The lowest BCUT2D eigenvalue weighted by Crippen LogP contribution is -2.03. The van der Waals surface area contributed by atoms with Crippen molar-refractivity contribution < 1.29 is 23.1 Å². The van der Waals surface area contributed by atoms with E-state index in [4.69, 9.17) is 5.11 Å². The van der Waals surface area contributed by atoms with Gasteiger partial charge in [0, 0.05) is 18.5 Å². The van der Waals surface area contributed by atoms with Crippen LogP contribution in [0.2, 0.25) is 0 Å². The minimum atomic E-state index is -4.52. The van der Waals surface area contributed by atoms with Crippen molar-refractivity contribution in [3.8, 4) is 0 Å². The third-order valence-electron chi connectivity index (χ3n) is 3.43. The van der Waals surface area contributed by atoms with Gasteiger partial charge in [0.25, 0.3) is 0 Å². The summed E-state index contributed by atoms with van der Waals surface area (Å²) in [5.41, 5.74) is 1.34. The summed E-state index contributed by atoms with van der Waals surface area (Å²) >= 11 is 0. The van der Waals surface area contributed by atoms with Gasteiger partial charge in [0.15, 0.2) is 0 Å². The van der Waals surface area contributed by atoms with Crippen molar-refractivity contribution in [2.75, 3.05) is 0 Å². The quantitative estimate of drug-likeness (QED) is 0.470. The molecular weight excluding hydrogens is 355 g/mol. The molecule has 0 heterocycles. The number of rotatable bonds is 7. The van der Waals surface area contributed by atoms with E-state index in [1.54, 1.807) is 32.1 Å². The van der Waals surface area contributed by atoms with Gasteiger partial charge in [-0.25, -0.2) is 4.79 Å². The first kappa shape index (κ1) is 21.9. The minimum Gasteiger partial charge on any atom is -0.478 e. The molecule has 1 aromatic rings. The van der Waals surface area contributed by atoms with Gasteiger partial charge in [-0.05, 0) is 48.3 Å². The molecule has 0 bridgehead atoms. The summed E-state index contributed by atoms with van der Waals surface area (Å²) in [5, 5.41) is 9.09. The number of carboxylic acid groups (broad SMARTS) is 1. The van der Waals surface area contributed by atoms with E-state index in [9.17, 15) is 18.0 Å². The monoisotopic (exact) mass is 375 g/mol. The third-order valence-corrected chi connectivity index (χ3v) is 3.43. The summed E-state index contributed by atoms with van der Waals surface area (Å²) in [6.45, 7) is 6.90. The zero-order valence-corrected chi connectivity index (χ0v) is 15.0. The largest absolute Gasteiger partial charge is 0.478 e. The molecule has 0 aliphatic heterocycles.